The van der Waals surface area contributed by atoms with Gasteiger partial charge in [-0.1, -0.05) is 49.5 Å². The van der Waals surface area contributed by atoms with Gasteiger partial charge in [0.2, 0.25) is 0 Å². The average molecular weight is 240 g/mol. The predicted molar refractivity (Wildman–Crippen MR) is 76.0 cm³/mol. The molecule has 0 fully saturated rings. The summed E-state index contributed by atoms with van der Waals surface area (Å²) in [6, 6.07) is 17.0. The molecule has 3 rings (SSSR count). The van der Waals surface area contributed by atoms with Crippen molar-refractivity contribution in [3.05, 3.63) is 48.5 Å². The number of benzene rings is 2. The third-order valence-electron chi connectivity index (χ3n) is 3.67. The number of para-hydroxylation sites is 2. The number of fused-ring (bicyclic) bond motifs is 2. The lowest BCUT2D eigenvalue weighted by atomic mass is 10.2. The Balaban J connectivity index is 2.34. The second kappa shape index (κ2) is 3.45. The van der Waals surface area contributed by atoms with Gasteiger partial charge in [0.1, 0.15) is 8.07 Å². The Kier molecular flexibility index (Phi) is 2.15. The highest BCUT2D eigenvalue weighted by Crippen LogP contribution is 2.28. The lowest BCUT2D eigenvalue weighted by molar-refractivity contribution is 1.09. The smallest absolute Gasteiger partial charge is 0.117 e. The highest BCUT2D eigenvalue weighted by molar-refractivity contribution is 7.02. The number of hydrazine groups is 1. The SMILES string of the molecule is C[Si]1(C)c2ccccc2N(N)c2ccccc21. The molecular formula is C14H16N2Si. The van der Waals surface area contributed by atoms with E-state index in [2.05, 4.69) is 61.6 Å². The van der Waals surface area contributed by atoms with Crippen LogP contribution in [0.15, 0.2) is 48.5 Å². The van der Waals surface area contributed by atoms with Crippen LogP contribution in [0.1, 0.15) is 0 Å². The van der Waals surface area contributed by atoms with Crippen LogP contribution in [-0.2, 0) is 0 Å². The molecule has 1 aliphatic heterocycles. The minimum Gasteiger partial charge on any atom is -0.280 e. The molecular weight excluding hydrogens is 224 g/mol. The zero-order valence-corrected chi connectivity index (χ0v) is 11.1. The fourth-order valence-corrected chi connectivity index (χ4v) is 5.70. The molecule has 2 aromatic rings. The molecule has 0 unspecified atom stereocenters. The van der Waals surface area contributed by atoms with Crippen molar-refractivity contribution in [3.63, 3.8) is 0 Å². The molecule has 86 valence electrons. The van der Waals surface area contributed by atoms with Crippen LogP contribution in [0.3, 0.4) is 0 Å². The molecule has 1 aliphatic rings. The largest absolute Gasteiger partial charge is 0.280 e. The first-order valence-electron chi connectivity index (χ1n) is 5.86. The molecule has 0 amide bonds. The van der Waals surface area contributed by atoms with E-state index in [4.69, 9.17) is 5.84 Å². The molecule has 0 spiro atoms. The van der Waals surface area contributed by atoms with Crippen molar-refractivity contribution in [1.29, 1.82) is 0 Å². The van der Waals surface area contributed by atoms with Gasteiger partial charge in [-0.25, -0.2) is 5.84 Å². The maximum atomic E-state index is 6.23. The summed E-state index contributed by atoms with van der Waals surface area (Å²) in [6.45, 7) is 4.77. The standard InChI is InChI=1S/C14H16N2Si/c1-17(2)13-9-5-3-7-11(13)16(15)12-8-4-6-10-14(12)17/h3-10H,15H2,1-2H3. The number of nitrogens with zero attached hydrogens (tertiary/aromatic N) is 1. The van der Waals surface area contributed by atoms with Crippen LogP contribution >= 0.6 is 0 Å². The predicted octanol–water partition coefficient (Wildman–Crippen LogP) is 1.83. The van der Waals surface area contributed by atoms with Crippen LogP contribution in [0.4, 0.5) is 11.4 Å². The Hall–Kier alpha value is -1.58. The molecule has 1 heterocycles. The second-order valence-corrected chi connectivity index (χ2v) is 9.36. The number of nitrogens with two attached hydrogens (primary N) is 1. The minimum absolute atomic E-state index is 1.16. The van der Waals surface area contributed by atoms with Crippen LogP contribution in [-0.4, -0.2) is 8.07 Å². The van der Waals surface area contributed by atoms with E-state index < -0.39 is 8.07 Å². The number of rotatable bonds is 0. The van der Waals surface area contributed by atoms with Gasteiger partial charge in [0.05, 0.1) is 11.4 Å². The summed E-state index contributed by atoms with van der Waals surface area (Å²) in [6.07, 6.45) is 0. The zero-order valence-electron chi connectivity index (χ0n) is 10.1. The van der Waals surface area contributed by atoms with E-state index >= 15 is 0 Å². The first-order chi connectivity index (χ1) is 8.12. The number of hydrogen-bond donors (Lipinski definition) is 1. The zero-order chi connectivity index (χ0) is 12.0. The van der Waals surface area contributed by atoms with Crippen molar-refractivity contribution >= 4 is 29.8 Å². The van der Waals surface area contributed by atoms with Gasteiger partial charge in [-0.2, -0.15) is 0 Å². The van der Waals surface area contributed by atoms with Crippen LogP contribution in [0.2, 0.25) is 13.1 Å². The average Bonchev–Trinajstić information content (AvgIpc) is 2.37. The van der Waals surface area contributed by atoms with Gasteiger partial charge in [0.25, 0.3) is 0 Å². The molecule has 0 saturated heterocycles. The van der Waals surface area contributed by atoms with Crippen molar-refractivity contribution in [2.45, 2.75) is 13.1 Å². The van der Waals surface area contributed by atoms with E-state index in [0.29, 0.717) is 0 Å². The van der Waals surface area contributed by atoms with Crippen LogP contribution in [0.5, 0.6) is 0 Å². The van der Waals surface area contributed by atoms with Crippen molar-refractivity contribution in [3.8, 4) is 0 Å². The quantitative estimate of drug-likeness (QED) is 0.562. The van der Waals surface area contributed by atoms with Crippen LogP contribution < -0.4 is 21.2 Å². The summed E-state index contributed by atoms with van der Waals surface area (Å²) in [4.78, 5) is 0. The molecule has 2 aromatic carbocycles. The molecule has 2 N–H and O–H groups in total. The van der Waals surface area contributed by atoms with E-state index in [0.717, 1.165) is 11.4 Å². The normalized spacial score (nSPS) is 16.3. The van der Waals surface area contributed by atoms with E-state index in [1.165, 1.54) is 10.4 Å². The minimum atomic E-state index is -1.60. The highest BCUT2D eigenvalue weighted by atomic mass is 28.3. The Bertz CT molecular complexity index is 528. The summed E-state index contributed by atoms with van der Waals surface area (Å²) in [5, 5.41) is 4.66. The number of anilines is 2. The van der Waals surface area contributed by atoms with Crippen LogP contribution in [0.25, 0.3) is 0 Å². The molecule has 2 nitrogen and oxygen atoms in total. The summed E-state index contributed by atoms with van der Waals surface area (Å²) in [7, 11) is -1.60. The van der Waals surface area contributed by atoms with Gasteiger partial charge in [-0.05, 0) is 22.5 Å². The molecule has 17 heavy (non-hydrogen) atoms. The molecule has 0 atom stereocenters. The summed E-state index contributed by atoms with van der Waals surface area (Å²) >= 11 is 0. The summed E-state index contributed by atoms with van der Waals surface area (Å²) in [5.74, 6) is 6.23. The van der Waals surface area contributed by atoms with E-state index in [1.807, 2.05) is 5.01 Å². The first-order valence-corrected chi connectivity index (χ1v) is 8.86. The van der Waals surface area contributed by atoms with Crippen molar-refractivity contribution in [2.75, 3.05) is 5.01 Å². The highest BCUT2D eigenvalue weighted by Gasteiger charge is 2.36. The van der Waals surface area contributed by atoms with Gasteiger partial charge < -0.3 is 0 Å². The van der Waals surface area contributed by atoms with Crippen molar-refractivity contribution < 1.29 is 0 Å². The van der Waals surface area contributed by atoms with E-state index in [1.54, 1.807) is 0 Å². The fraction of sp³-hybridized carbons (Fsp3) is 0.143. The van der Waals surface area contributed by atoms with Gasteiger partial charge in [-0.3, -0.25) is 5.01 Å². The Morgan fingerprint density at radius 2 is 1.24 bits per heavy atom. The summed E-state index contributed by atoms with van der Waals surface area (Å²) < 4.78 is 0. The maximum absolute atomic E-state index is 6.23. The maximum Gasteiger partial charge on any atom is 0.117 e. The van der Waals surface area contributed by atoms with Crippen molar-refractivity contribution in [2.24, 2.45) is 5.84 Å². The fourth-order valence-electron chi connectivity index (χ4n) is 2.70. The van der Waals surface area contributed by atoms with Gasteiger partial charge in [0.15, 0.2) is 0 Å². The van der Waals surface area contributed by atoms with Crippen molar-refractivity contribution in [1.82, 2.24) is 0 Å². The lowest BCUT2D eigenvalue weighted by Crippen LogP contribution is -2.60. The molecule has 0 bridgehead atoms. The second-order valence-electron chi connectivity index (χ2n) is 5.03. The Morgan fingerprint density at radius 1 is 0.824 bits per heavy atom. The lowest BCUT2D eigenvalue weighted by Gasteiger charge is -2.38. The van der Waals surface area contributed by atoms with Gasteiger partial charge in [-0.15, -0.1) is 0 Å². The van der Waals surface area contributed by atoms with Gasteiger partial charge >= 0.3 is 0 Å². The van der Waals surface area contributed by atoms with Crippen LogP contribution in [0, 0.1) is 0 Å². The third-order valence-corrected chi connectivity index (χ3v) is 7.21. The van der Waals surface area contributed by atoms with E-state index in [-0.39, 0.29) is 0 Å². The monoisotopic (exact) mass is 240 g/mol. The Labute approximate surface area is 103 Å². The van der Waals surface area contributed by atoms with E-state index in [9.17, 15) is 0 Å². The first kappa shape index (κ1) is 10.6. The molecule has 3 heteroatoms. The number of hydrogen-bond acceptors (Lipinski definition) is 2. The topological polar surface area (TPSA) is 29.3 Å². The molecule has 0 saturated carbocycles. The molecule has 0 aromatic heterocycles. The molecule has 0 radical (unpaired) electrons. The Morgan fingerprint density at radius 3 is 1.71 bits per heavy atom. The summed E-state index contributed by atoms with van der Waals surface area (Å²) in [5.41, 5.74) is 2.31. The van der Waals surface area contributed by atoms with Gasteiger partial charge in [0, 0.05) is 0 Å². The third kappa shape index (κ3) is 1.36. The molecule has 0 aliphatic carbocycles.